The molecule has 2 rings (SSSR count). The molecule has 0 aliphatic carbocycles. The zero-order valence-corrected chi connectivity index (χ0v) is 17.7. The second-order valence-electron chi connectivity index (χ2n) is 8.42. The molecule has 2 saturated heterocycles. The Morgan fingerprint density at radius 1 is 1.32 bits per heavy atom. The fourth-order valence-electron chi connectivity index (χ4n) is 3.54. The summed E-state index contributed by atoms with van der Waals surface area (Å²) in [5.74, 6) is -1.27. The largest absolute Gasteiger partial charge is 0.466 e. The minimum atomic E-state index is -1.23. The van der Waals surface area contributed by atoms with Crippen molar-refractivity contribution in [2.75, 3.05) is 13.7 Å². The molecule has 28 heavy (non-hydrogen) atoms. The molecular weight excluding hydrogens is 364 g/mol. The second-order valence-corrected chi connectivity index (χ2v) is 8.42. The van der Waals surface area contributed by atoms with Gasteiger partial charge in [-0.2, -0.15) is 0 Å². The molecule has 0 unspecified atom stereocenters. The average Bonchev–Trinajstić information content (AvgIpc) is 2.94. The topological polar surface area (TPSA) is 94.5 Å². The number of ether oxygens (including phenoxy) is 4. The minimum absolute atomic E-state index is 0.0139. The Morgan fingerprint density at radius 3 is 2.61 bits per heavy atom. The lowest BCUT2D eigenvalue weighted by atomic mass is 9.83. The van der Waals surface area contributed by atoms with Crippen molar-refractivity contribution in [3.63, 3.8) is 0 Å². The molecule has 0 aromatic heterocycles. The van der Waals surface area contributed by atoms with E-state index in [2.05, 4.69) is 4.74 Å². The lowest BCUT2D eigenvalue weighted by Gasteiger charge is -2.42. The van der Waals surface area contributed by atoms with E-state index < -0.39 is 35.7 Å². The third-order valence-corrected chi connectivity index (χ3v) is 5.33. The van der Waals surface area contributed by atoms with Gasteiger partial charge in [0.15, 0.2) is 5.79 Å². The fourth-order valence-corrected chi connectivity index (χ4v) is 3.54. The summed E-state index contributed by atoms with van der Waals surface area (Å²) < 4.78 is 22.7. The van der Waals surface area contributed by atoms with Gasteiger partial charge in [0.25, 0.3) is 0 Å². The van der Waals surface area contributed by atoms with Crippen LogP contribution < -0.4 is 0 Å². The number of fused-ring (bicyclic) bond motifs is 1. The van der Waals surface area contributed by atoms with E-state index in [1.165, 1.54) is 13.2 Å². The first-order chi connectivity index (χ1) is 13.0. The number of hydrogen-bond donors (Lipinski definition) is 2. The summed E-state index contributed by atoms with van der Waals surface area (Å²) in [7, 11) is 1.34. The number of esters is 1. The fraction of sp³-hybridized carbons (Fsp3) is 0.762. The second kappa shape index (κ2) is 9.05. The maximum Gasteiger partial charge on any atom is 0.330 e. The van der Waals surface area contributed by atoms with E-state index in [1.54, 1.807) is 6.92 Å². The molecule has 2 fully saturated rings. The first kappa shape index (κ1) is 23.0. The number of aliphatic hydroxyl groups excluding tert-OH is 1. The van der Waals surface area contributed by atoms with Gasteiger partial charge in [-0.25, -0.2) is 4.79 Å². The van der Waals surface area contributed by atoms with E-state index in [1.807, 2.05) is 39.8 Å². The lowest BCUT2D eigenvalue weighted by Crippen LogP contribution is -2.59. The zero-order chi connectivity index (χ0) is 21.1. The van der Waals surface area contributed by atoms with Crippen molar-refractivity contribution >= 4 is 5.97 Å². The Morgan fingerprint density at radius 2 is 2.00 bits per heavy atom. The summed E-state index contributed by atoms with van der Waals surface area (Å²) >= 11 is 0. The summed E-state index contributed by atoms with van der Waals surface area (Å²) in [6.07, 6.45) is 4.16. The van der Waals surface area contributed by atoms with Crippen LogP contribution in [0, 0.1) is 5.92 Å². The smallest absolute Gasteiger partial charge is 0.330 e. The third kappa shape index (κ3) is 5.64. The highest BCUT2D eigenvalue weighted by Crippen LogP contribution is 2.42. The summed E-state index contributed by atoms with van der Waals surface area (Å²) in [5, 5.41) is 20.8. The maximum atomic E-state index is 11.5. The quantitative estimate of drug-likeness (QED) is 0.385. The van der Waals surface area contributed by atoms with Crippen molar-refractivity contribution in [3.05, 3.63) is 23.8 Å². The van der Waals surface area contributed by atoms with E-state index in [0.29, 0.717) is 12.8 Å². The molecule has 2 aliphatic heterocycles. The monoisotopic (exact) mass is 398 g/mol. The first-order valence-electron chi connectivity index (χ1n) is 9.77. The van der Waals surface area contributed by atoms with Gasteiger partial charge >= 0.3 is 5.97 Å². The molecule has 0 spiro atoms. The molecular formula is C21H34O7. The predicted molar refractivity (Wildman–Crippen MR) is 104 cm³/mol. The van der Waals surface area contributed by atoms with Crippen molar-refractivity contribution in [2.24, 2.45) is 5.92 Å². The van der Waals surface area contributed by atoms with E-state index in [9.17, 15) is 15.0 Å². The molecule has 0 bridgehead atoms. The summed E-state index contributed by atoms with van der Waals surface area (Å²) in [4.78, 5) is 11.5. The van der Waals surface area contributed by atoms with E-state index in [-0.39, 0.29) is 18.6 Å². The van der Waals surface area contributed by atoms with Crippen LogP contribution >= 0.6 is 0 Å². The summed E-state index contributed by atoms with van der Waals surface area (Å²) in [5.41, 5.74) is -0.427. The Bertz CT molecular complexity index is 610. The Balaban J connectivity index is 2.13. The highest BCUT2D eigenvalue weighted by Gasteiger charge is 2.57. The highest BCUT2D eigenvalue weighted by molar-refractivity contribution is 5.82. The molecule has 2 heterocycles. The molecule has 7 heteroatoms. The third-order valence-electron chi connectivity index (χ3n) is 5.33. The number of carbonyl (C=O) groups excluding carboxylic acids is 1. The predicted octanol–water partition coefficient (Wildman–Crippen LogP) is 2.11. The van der Waals surface area contributed by atoms with Gasteiger partial charge < -0.3 is 29.2 Å². The molecule has 2 N–H and O–H groups in total. The first-order valence-corrected chi connectivity index (χ1v) is 9.77. The number of carbonyl (C=O) groups is 1. The van der Waals surface area contributed by atoms with Crippen LogP contribution in [0.5, 0.6) is 0 Å². The van der Waals surface area contributed by atoms with Crippen LogP contribution in [-0.2, 0) is 23.7 Å². The van der Waals surface area contributed by atoms with Crippen LogP contribution in [0.1, 0.15) is 47.5 Å². The van der Waals surface area contributed by atoms with Gasteiger partial charge in [0.2, 0.25) is 0 Å². The van der Waals surface area contributed by atoms with Crippen molar-refractivity contribution < 1.29 is 34.0 Å². The number of aliphatic hydroxyl groups is 2. The SMILES string of the molecule is COC(=O)/C=C(\C)C[C@@H]1OC[C@](O)(C/C=C/[C@@H](C)[C@H](C)O)[C@H]2OC(C)(C)O[C@@H]12. The average molecular weight is 398 g/mol. The van der Waals surface area contributed by atoms with Crippen molar-refractivity contribution in [2.45, 2.75) is 83.3 Å². The van der Waals surface area contributed by atoms with Gasteiger partial charge in [-0.05, 0) is 46.5 Å². The van der Waals surface area contributed by atoms with Crippen LogP contribution in [-0.4, -0.2) is 65.7 Å². The van der Waals surface area contributed by atoms with Gasteiger partial charge in [0.1, 0.15) is 17.8 Å². The van der Waals surface area contributed by atoms with Crippen molar-refractivity contribution in [1.29, 1.82) is 0 Å². The Labute approximate surface area is 167 Å². The van der Waals surface area contributed by atoms with Crippen molar-refractivity contribution in [1.82, 2.24) is 0 Å². The molecule has 0 radical (unpaired) electrons. The molecule has 0 saturated carbocycles. The highest BCUT2D eigenvalue weighted by atomic mass is 16.8. The van der Waals surface area contributed by atoms with Crippen LogP contribution in [0.3, 0.4) is 0 Å². The van der Waals surface area contributed by atoms with Gasteiger partial charge in [-0.15, -0.1) is 0 Å². The molecule has 160 valence electrons. The van der Waals surface area contributed by atoms with Gasteiger partial charge in [-0.1, -0.05) is 24.6 Å². The van der Waals surface area contributed by atoms with Gasteiger partial charge in [-0.3, -0.25) is 0 Å². The van der Waals surface area contributed by atoms with E-state index in [4.69, 9.17) is 14.2 Å². The Kier molecular flexibility index (Phi) is 7.44. The molecule has 0 amide bonds. The standard InChI is InChI=1S/C21H34O7/c1-13(11-17(23)25-6)10-16-18-19(28-20(4,5)27-18)21(24,12-26-16)9-7-8-14(2)15(3)22/h7-8,11,14-16,18-19,22,24H,9-10,12H2,1-6H3/b8-7+,13-11+/t14-,15+,16+,18+,19+,21-/m1/s1. The lowest BCUT2D eigenvalue weighted by molar-refractivity contribution is -0.199. The minimum Gasteiger partial charge on any atom is -0.466 e. The van der Waals surface area contributed by atoms with Gasteiger partial charge in [0, 0.05) is 6.08 Å². The normalized spacial score (nSPS) is 34.9. The number of methoxy groups -OCH3 is 1. The Hall–Kier alpha value is -1.25. The summed E-state index contributed by atoms with van der Waals surface area (Å²) in [6, 6.07) is 0. The maximum absolute atomic E-state index is 11.5. The van der Waals surface area contributed by atoms with Crippen LogP contribution in [0.4, 0.5) is 0 Å². The van der Waals surface area contributed by atoms with Crippen molar-refractivity contribution in [3.8, 4) is 0 Å². The van der Waals surface area contributed by atoms with E-state index in [0.717, 1.165) is 5.57 Å². The van der Waals surface area contributed by atoms with Crippen LogP contribution in [0.2, 0.25) is 0 Å². The molecule has 0 aromatic rings. The number of hydrogen-bond acceptors (Lipinski definition) is 7. The molecule has 0 aromatic carbocycles. The van der Waals surface area contributed by atoms with Gasteiger partial charge in [0.05, 0.1) is 25.9 Å². The van der Waals surface area contributed by atoms with Crippen LogP contribution in [0.15, 0.2) is 23.8 Å². The summed E-state index contributed by atoms with van der Waals surface area (Å²) in [6.45, 7) is 9.19. The zero-order valence-electron chi connectivity index (χ0n) is 17.7. The van der Waals surface area contributed by atoms with Crippen LogP contribution in [0.25, 0.3) is 0 Å². The molecule has 2 aliphatic rings. The number of rotatable bonds is 7. The van der Waals surface area contributed by atoms with E-state index >= 15 is 0 Å². The molecule has 6 atom stereocenters. The molecule has 7 nitrogen and oxygen atoms in total.